The zero-order valence-electron chi connectivity index (χ0n) is 17.2. The molecule has 2 atom stereocenters. The summed E-state index contributed by atoms with van der Waals surface area (Å²) >= 11 is 0. The van der Waals surface area contributed by atoms with Gasteiger partial charge in [0.15, 0.2) is 0 Å². The van der Waals surface area contributed by atoms with E-state index in [2.05, 4.69) is 65.1 Å². The number of hydrogen-bond donors (Lipinski definition) is 0. The highest BCUT2D eigenvalue weighted by Gasteiger charge is 2.11. The first-order chi connectivity index (χ1) is 12.0. The fourth-order valence-electron chi connectivity index (χ4n) is 3.77. The Morgan fingerprint density at radius 3 is 2.28 bits per heavy atom. The molecule has 0 aliphatic heterocycles. The molecule has 0 spiro atoms. The second-order valence-corrected chi connectivity index (χ2v) is 7.66. The Labute approximate surface area is 157 Å². The second kappa shape index (κ2) is 12.1. The molecule has 0 amide bonds. The van der Waals surface area contributed by atoms with Crippen LogP contribution in [0, 0.1) is 5.92 Å². The fraction of sp³-hybridized carbons (Fsp3) is 0.600. The van der Waals surface area contributed by atoms with Gasteiger partial charge in [0.2, 0.25) is 0 Å². The van der Waals surface area contributed by atoms with Gasteiger partial charge in [-0.3, -0.25) is 0 Å². The zero-order valence-corrected chi connectivity index (χ0v) is 17.2. The summed E-state index contributed by atoms with van der Waals surface area (Å²) in [5, 5.41) is 0. The number of hydrogen-bond acceptors (Lipinski definition) is 0. The third kappa shape index (κ3) is 7.63. The maximum absolute atomic E-state index is 4.19. The summed E-state index contributed by atoms with van der Waals surface area (Å²) in [6.45, 7) is 17.4. The minimum atomic E-state index is 0.692. The van der Waals surface area contributed by atoms with Crippen LogP contribution < -0.4 is 0 Å². The lowest BCUT2D eigenvalue weighted by molar-refractivity contribution is 0.464. The van der Waals surface area contributed by atoms with E-state index in [0.717, 1.165) is 12.3 Å². The van der Waals surface area contributed by atoms with Gasteiger partial charge in [0.05, 0.1) is 0 Å². The van der Waals surface area contributed by atoms with Gasteiger partial charge in [-0.1, -0.05) is 89.5 Å². The maximum atomic E-state index is 4.19. The van der Waals surface area contributed by atoms with Crippen molar-refractivity contribution in [1.29, 1.82) is 0 Å². The molecule has 0 saturated heterocycles. The highest BCUT2D eigenvalue weighted by Crippen LogP contribution is 2.29. The van der Waals surface area contributed by atoms with Crippen LogP contribution in [0.15, 0.2) is 43.0 Å². The van der Waals surface area contributed by atoms with Crippen LogP contribution in [0.4, 0.5) is 0 Å². The predicted octanol–water partition coefficient (Wildman–Crippen LogP) is 8.55. The molecule has 0 heteroatoms. The molecule has 0 saturated carbocycles. The van der Waals surface area contributed by atoms with Crippen LogP contribution in [0.5, 0.6) is 0 Å². The van der Waals surface area contributed by atoms with Crippen molar-refractivity contribution < 1.29 is 0 Å². The van der Waals surface area contributed by atoms with E-state index in [-0.39, 0.29) is 0 Å². The summed E-state index contributed by atoms with van der Waals surface area (Å²) < 4.78 is 0. The average Bonchev–Trinajstić information content (AvgIpc) is 2.63. The van der Waals surface area contributed by atoms with Crippen molar-refractivity contribution in [2.75, 3.05) is 0 Å². The summed E-state index contributed by atoms with van der Waals surface area (Å²) in [6.07, 6.45) is 11.5. The third-order valence-corrected chi connectivity index (χ3v) is 5.63. The molecule has 0 N–H and O–H groups in total. The maximum Gasteiger partial charge on any atom is -0.0164 e. The van der Waals surface area contributed by atoms with E-state index in [0.29, 0.717) is 5.92 Å². The Morgan fingerprint density at radius 2 is 1.68 bits per heavy atom. The number of rotatable bonds is 13. The fourth-order valence-corrected chi connectivity index (χ4v) is 3.77. The summed E-state index contributed by atoms with van der Waals surface area (Å²) in [5.41, 5.74) is 5.45. The van der Waals surface area contributed by atoms with E-state index in [4.69, 9.17) is 0 Å². The number of allylic oxidation sites excluding steroid dienone is 2. The molecule has 140 valence electrons. The molecule has 0 fully saturated rings. The average molecular weight is 341 g/mol. The smallest absolute Gasteiger partial charge is 0.0164 e. The van der Waals surface area contributed by atoms with Crippen LogP contribution in [0.3, 0.4) is 0 Å². The molecule has 0 aromatic heterocycles. The molecule has 0 heterocycles. The Morgan fingerprint density at radius 1 is 0.960 bits per heavy atom. The minimum Gasteiger partial charge on any atom is -0.0999 e. The monoisotopic (exact) mass is 340 g/mol. The standard InChI is InChI=1S/C25H40/c1-7-14-23(20(4)5)16-12-10-11-15-22(9-3)25-18-13-17-24(19-25)21(6)8-2/h13,17-19,22-23H,4,6-12,14-16H2,1-3,5H3/t22-,23-/m1/s1. The Bertz CT molecular complexity index is 523. The van der Waals surface area contributed by atoms with Crippen molar-refractivity contribution in [2.24, 2.45) is 5.92 Å². The Kier molecular flexibility index (Phi) is 10.5. The van der Waals surface area contributed by atoms with Gasteiger partial charge < -0.3 is 0 Å². The molecule has 1 aromatic carbocycles. The Hall–Kier alpha value is -1.30. The van der Waals surface area contributed by atoms with Crippen molar-refractivity contribution in [3.63, 3.8) is 0 Å². The lowest BCUT2D eigenvalue weighted by atomic mass is 9.87. The van der Waals surface area contributed by atoms with Crippen molar-refractivity contribution in [3.8, 4) is 0 Å². The molecule has 25 heavy (non-hydrogen) atoms. The highest BCUT2D eigenvalue weighted by atomic mass is 14.2. The minimum absolute atomic E-state index is 0.692. The van der Waals surface area contributed by atoms with Crippen LogP contribution in [0.1, 0.15) is 103 Å². The predicted molar refractivity (Wildman–Crippen MR) is 115 cm³/mol. The van der Waals surface area contributed by atoms with Crippen LogP contribution in [0.25, 0.3) is 5.57 Å². The van der Waals surface area contributed by atoms with Crippen LogP contribution in [-0.2, 0) is 0 Å². The van der Waals surface area contributed by atoms with Crippen molar-refractivity contribution in [3.05, 3.63) is 54.1 Å². The van der Waals surface area contributed by atoms with Gasteiger partial charge in [-0.05, 0) is 67.6 Å². The first kappa shape index (κ1) is 21.7. The molecule has 0 nitrogen and oxygen atoms in total. The molecule has 0 aliphatic rings. The summed E-state index contributed by atoms with van der Waals surface area (Å²) in [4.78, 5) is 0. The second-order valence-electron chi connectivity index (χ2n) is 7.66. The van der Waals surface area contributed by atoms with Crippen molar-refractivity contribution in [1.82, 2.24) is 0 Å². The van der Waals surface area contributed by atoms with Gasteiger partial charge in [0.1, 0.15) is 0 Å². The molecular weight excluding hydrogens is 300 g/mol. The van der Waals surface area contributed by atoms with Gasteiger partial charge >= 0.3 is 0 Å². The Balaban J connectivity index is 2.47. The molecule has 1 rings (SSSR count). The SMILES string of the molecule is C=C(CC)c1cccc([C@H](CC)CCCCC[C@@H](CCC)C(=C)C)c1. The summed E-state index contributed by atoms with van der Waals surface area (Å²) in [6, 6.07) is 9.08. The zero-order chi connectivity index (χ0) is 18.7. The van der Waals surface area contributed by atoms with Gasteiger partial charge in [-0.25, -0.2) is 0 Å². The van der Waals surface area contributed by atoms with E-state index < -0.39 is 0 Å². The van der Waals surface area contributed by atoms with Gasteiger partial charge in [-0.15, -0.1) is 0 Å². The molecule has 0 radical (unpaired) electrons. The third-order valence-electron chi connectivity index (χ3n) is 5.63. The van der Waals surface area contributed by atoms with Crippen LogP contribution in [-0.4, -0.2) is 0 Å². The summed E-state index contributed by atoms with van der Waals surface area (Å²) in [7, 11) is 0. The first-order valence-corrected chi connectivity index (χ1v) is 10.5. The van der Waals surface area contributed by atoms with Crippen LogP contribution in [0.2, 0.25) is 0 Å². The largest absolute Gasteiger partial charge is 0.0999 e. The van der Waals surface area contributed by atoms with Gasteiger partial charge in [-0.2, -0.15) is 0 Å². The van der Waals surface area contributed by atoms with Crippen LogP contribution >= 0.6 is 0 Å². The van der Waals surface area contributed by atoms with E-state index >= 15 is 0 Å². The molecule has 0 unspecified atom stereocenters. The highest BCUT2D eigenvalue weighted by molar-refractivity contribution is 5.63. The van der Waals surface area contributed by atoms with E-state index in [9.17, 15) is 0 Å². The van der Waals surface area contributed by atoms with Gasteiger partial charge in [0, 0.05) is 0 Å². The lowest BCUT2D eigenvalue weighted by Crippen LogP contribution is -2.02. The van der Waals surface area contributed by atoms with E-state index in [1.807, 2.05) is 0 Å². The van der Waals surface area contributed by atoms with E-state index in [1.54, 1.807) is 0 Å². The lowest BCUT2D eigenvalue weighted by Gasteiger charge is -2.18. The normalized spacial score (nSPS) is 13.4. The summed E-state index contributed by atoms with van der Waals surface area (Å²) in [5.74, 6) is 1.43. The molecular formula is C25H40. The molecule has 0 bridgehead atoms. The number of benzene rings is 1. The van der Waals surface area contributed by atoms with Crippen molar-refractivity contribution in [2.45, 2.75) is 91.4 Å². The van der Waals surface area contributed by atoms with Gasteiger partial charge in [0.25, 0.3) is 0 Å². The topological polar surface area (TPSA) is 0 Å². The van der Waals surface area contributed by atoms with Crippen molar-refractivity contribution >= 4 is 5.57 Å². The quantitative estimate of drug-likeness (QED) is 0.249. The number of unbranched alkanes of at least 4 members (excludes halogenated alkanes) is 2. The molecule has 0 aliphatic carbocycles. The first-order valence-electron chi connectivity index (χ1n) is 10.5. The van der Waals surface area contributed by atoms with E-state index in [1.165, 1.54) is 73.6 Å². The molecule has 1 aromatic rings.